The van der Waals surface area contributed by atoms with Crippen molar-refractivity contribution in [3.05, 3.63) is 58.1 Å². The summed E-state index contributed by atoms with van der Waals surface area (Å²) in [6, 6.07) is 13.9. The number of fused-ring (bicyclic) bond motifs is 1. The first-order chi connectivity index (χ1) is 10.6. The highest BCUT2D eigenvalue weighted by molar-refractivity contribution is 9.10. The van der Waals surface area contributed by atoms with Gasteiger partial charge in [0.15, 0.2) is 0 Å². The Morgan fingerprint density at radius 2 is 1.91 bits per heavy atom. The van der Waals surface area contributed by atoms with Crippen LogP contribution in [0.5, 0.6) is 0 Å². The quantitative estimate of drug-likeness (QED) is 0.670. The van der Waals surface area contributed by atoms with Gasteiger partial charge in [-0.05, 0) is 48.2 Å². The van der Waals surface area contributed by atoms with E-state index in [1.807, 2.05) is 54.8 Å². The monoisotopic (exact) mass is 375 g/mol. The number of ether oxygens (including phenoxy) is 1. The fourth-order valence-corrected chi connectivity index (χ4v) is 2.97. The van der Waals surface area contributed by atoms with Gasteiger partial charge >= 0.3 is 6.09 Å². The summed E-state index contributed by atoms with van der Waals surface area (Å²) >= 11 is 5.08. The Balaban J connectivity index is 2.11. The van der Waals surface area contributed by atoms with Gasteiger partial charge in [-0.3, -0.25) is 4.90 Å². The zero-order valence-electron chi connectivity index (χ0n) is 12.2. The van der Waals surface area contributed by atoms with Crippen molar-refractivity contribution in [3.8, 4) is 0 Å². The minimum Gasteiger partial charge on any atom is -0.409 e. The Morgan fingerprint density at radius 3 is 2.59 bits per heavy atom. The molecule has 0 bridgehead atoms. The molecule has 5 heteroatoms. The van der Waals surface area contributed by atoms with Crippen LogP contribution < -0.4 is 4.90 Å². The van der Waals surface area contributed by atoms with Crippen LogP contribution in [0.15, 0.2) is 51.8 Å². The molecule has 2 aromatic rings. The van der Waals surface area contributed by atoms with E-state index < -0.39 is 0 Å². The second-order valence-corrected chi connectivity index (χ2v) is 6.67. The SMILES string of the molecule is CSc1ccc2c(c1)/C(=C/c1ccc(Br)cc1)OC(=O)N2C. The van der Waals surface area contributed by atoms with E-state index in [0.29, 0.717) is 5.76 Å². The zero-order valence-corrected chi connectivity index (χ0v) is 14.6. The van der Waals surface area contributed by atoms with E-state index in [0.717, 1.165) is 26.2 Å². The molecule has 1 aliphatic rings. The molecule has 0 saturated heterocycles. The summed E-state index contributed by atoms with van der Waals surface area (Å²) in [6.07, 6.45) is 3.55. The number of amides is 1. The molecular formula is C17H14BrNO2S. The van der Waals surface area contributed by atoms with E-state index in [-0.39, 0.29) is 6.09 Å². The van der Waals surface area contributed by atoms with Crippen LogP contribution in [-0.2, 0) is 4.74 Å². The fraction of sp³-hybridized carbons (Fsp3) is 0.118. The molecule has 0 saturated carbocycles. The number of nitrogens with zero attached hydrogens (tertiary/aromatic N) is 1. The first-order valence-electron chi connectivity index (χ1n) is 6.69. The van der Waals surface area contributed by atoms with Crippen molar-refractivity contribution >= 4 is 51.3 Å². The minimum atomic E-state index is -0.368. The standard InChI is InChI=1S/C17H14BrNO2S/c1-19-15-8-7-13(22-2)10-14(15)16(21-17(19)20)9-11-3-5-12(18)6-4-11/h3-10H,1-2H3/b16-9-. The highest BCUT2D eigenvalue weighted by Gasteiger charge is 2.26. The molecule has 1 heterocycles. The number of thioether (sulfide) groups is 1. The number of halogens is 1. The highest BCUT2D eigenvalue weighted by atomic mass is 79.9. The molecule has 0 unspecified atom stereocenters. The molecule has 0 aromatic heterocycles. The van der Waals surface area contributed by atoms with Crippen LogP contribution in [0.2, 0.25) is 0 Å². The molecule has 1 amide bonds. The molecule has 2 aromatic carbocycles. The van der Waals surface area contributed by atoms with Gasteiger partial charge in [0.1, 0.15) is 5.76 Å². The lowest BCUT2D eigenvalue weighted by molar-refractivity contribution is 0.199. The number of cyclic esters (lactones) is 1. The van der Waals surface area contributed by atoms with Crippen LogP contribution in [-0.4, -0.2) is 19.4 Å². The second kappa shape index (κ2) is 6.18. The predicted molar refractivity (Wildman–Crippen MR) is 95.1 cm³/mol. The van der Waals surface area contributed by atoms with Crippen LogP contribution in [0, 0.1) is 0 Å². The number of hydrogen-bond donors (Lipinski definition) is 0. The van der Waals surface area contributed by atoms with Crippen LogP contribution in [0.1, 0.15) is 11.1 Å². The summed E-state index contributed by atoms with van der Waals surface area (Å²) in [6.45, 7) is 0. The fourth-order valence-electron chi connectivity index (χ4n) is 2.27. The average Bonchev–Trinajstić information content (AvgIpc) is 2.54. The normalized spacial score (nSPS) is 15.7. The van der Waals surface area contributed by atoms with Crippen molar-refractivity contribution in [2.45, 2.75) is 4.90 Å². The third-order valence-corrected chi connectivity index (χ3v) is 4.72. The zero-order chi connectivity index (χ0) is 15.7. The summed E-state index contributed by atoms with van der Waals surface area (Å²) in [5.41, 5.74) is 2.77. The molecule has 1 aliphatic heterocycles. The van der Waals surface area contributed by atoms with Gasteiger partial charge in [0.05, 0.1) is 5.69 Å². The van der Waals surface area contributed by atoms with Crippen LogP contribution in [0.3, 0.4) is 0 Å². The van der Waals surface area contributed by atoms with Crippen molar-refractivity contribution in [1.82, 2.24) is 0 Å². The van der Waals surface area contributed by atoms with Gasteiger partial charge in [0.25, 0.3) is 0 Å². The van der Waals surface area contributed by atoms with Crippen molar-refractivity contribution in [2.24, 2.45) is 0 Å². The molecule has 0 spiro atoms. The number of rotatable bonds is 2. The lowest BCUT2D eigenvalue weighted by Gasteiger charge is -2.27. The minimum absolute atomic E-state index is 0.368. The largest absolute Gasteiger partial charge is 0.419 e. The van der Waals surface area contributed by atoms with Crippen molar-refractivity contribution < 1.29 is 9.53 Å². The summed E-state index contributed by atoms with van der Waals surface area (Å²) in [5, 5.41) is 0. The Labute approximate surface area is 142 Å². The van der Waals surface area contributed by atoms with Crippen LogP contribution in [0.25, 0.3) is 11.8 Å². The van der Waals surface area contributed by atoms with Gasteiger partial charge < -0.3 is 4.74 Å². The Kier molecular flexibility index (Phi) is 4.27. The topological polar surface area (TPSA) is 29.5 Å². The van der Waals surface area contributed by atoms with Gasteiger partial charge in [0, 0.05) is 22.0 Å². The molecule has 112 valence electrons. The Bertz CT molecular complexity index is 756. The molecule has 0 fully saturated rings. The maximum Gasteiger partial charge on any atom is 0.419 e. The van der Waals surface area contributed by atoms with Crippen molar-refractivity contribution in [2.75, 3.05) is 18.2 Å². The third-order valence-electron chi connectivity index (χ3n) is 3.47. The van der Waals surface area contributed by atoms with Crippen LogP contribution >= 0.6 is 27.7 Å². The summed E-state index contributed by atoms with van der Waals surface area (Å²) in [7, 11) is 1.72. The van der Waals surface area contributed by atoms with Crippen LogP contribution in [0.4, 0.5) is 10.5 Å². The lowest BCUT2D eigenvalue weighted by atomic mass is 10.1. The van der Waals surface area contributed by atoms with E-state index in [4.69, 9.17) is 4.74 Å². The molecule has 3 rings (SSSR count). The van der Waals surface area contributed by atoms with Gasteiger partial charge in [-0.1, -0.05) is 28.1 Å². The maximum atomic E-state index is 12.0. The van der Waals surface area contributed by atoms with E-state index in [1.165, 1.54) is 4.90 Å². The molecule has 3 nitrogen and oxygen atoms in total. The predicted octanol–water partition coefficient (Wildman–Crippen LogP) is 5.26. The smallest absolute Gasteiger partial charge is 0.409 e. The first-order valence-corrected chi connectivity index (χ1v) is 8.71. The third kappa shape index (κ3) is 2.91. The van der Waals surface area contributed by atoms with Gasteiger partial charge in [-0.2, -0.15) is 0 Å². The number of benzene rings is 2. The first kappa shape index (κ1) is 15.2. The van der Waals surface area contributed by atoms with Crippen molar-refractivity contribution in [1.29, 1.82) is 0 Å². The molecule has 0 atom stereocenters. The molecule has 0 radical (unpaired) electrons. The Morgan fingerprint density at radius 1 is 1.18 bits per heavy atom. The van der Waals surface area contributed by atoms with E-state index in [1.54, 1.807) is 18.8 Å². The lowest BCUT2D eigenvalue weighted by Crippen LogP contribution is -2.31. The summed E-state index contributed by atoms with van der Waals surface area (Å²) < 4.78 is 6.50. The average molecular weight is 376 g/mol. The number of carbonyl (C=O) groups excluding carboxylic acids is 1. The molecule has 0 N–H and O–H groups in total. The number of hydrogen-bond acceptors (Lipinski definition) is 3. The Hall–Kier alpha value is -1.72. The van der Waals surface area contributed by atoms with Gasteiger partial charge in [-0.15, -0.1) is 11.8 Å². The summed E-state index contributed by atoms with van der Waals surface area (Å²) in [4.78, 5) is 14.7. The molecular weight excluding hydrogens is 362 g/mol. The van der Waals surface area contributed by atoms with Gasteiger partial charge in [0.2, 0.25) is 0 Å². The number of carbonyl (C=O) groups is 1. The second-order valence-electron chi connectivity index (χ2n) is 4.87. The highest BCUT2D eigenvalue weighted by Crippen LogP contribution is 2.36. The maximum absolute atomic E-state index is 12.0. The van der Waals surface area contributed by atoms with Gasteiger partial charge in [-0.25, -0.2) is 4.79 Å². The molecule has 22 heavy (non-hydrogen) atoms. The molecule has 0 aliphatic carbocycles. The van der Waals surface area contributed by atoms with E-state index >= 15 is 0 Å². The number of anilines is 1. The van der Waals surface area contributed by atoms with E-state index in [2.05, 4.69) is 15.9 Å². The summed E-state index contributed by atoms with van der Waals surface area (Å²) in [5.74, 6) is 0.580. The van der Waals surface area contributed by atoms with Crippen molar-refractivity contribution in [3.63, 3.8) is 0 Å². The van der Waals surface area contributed by atoms with E-state index in [9.17, 15) is 4.79 Å².